The molecule has 1 atom stereocenters. The fraction of sp³-hybridized carbons (Fsp3) is 0.700. The molecule has 0 saturated heterocycles. The lowest BCUT2D eigenvalue weighted by atomic mass is 10.0. The Bertz CT molecular complexity index is 171. The van der Waals surface area contributed by atoms with E-state index in [0.717, 1.165) is 6.42 Å². The van der Waals surface area contributed by atoms with Crippen LogP contribution >= 0.6 is 0 Å². The van der Waals surface area contributed by atoms with Gasteiger partial charge in [0.05, 0.1) is 0 Å². The fourth-order valence-electron chi connectivity index (χ4n) is 0.991. The van der Waals surface area contributed by atoms with Gasteiger partial charge in [-0.1, -0.05) is 31.9 Å². The molecule has 2 nitrogen and oxygen atoms in total. The Hall–Kier alpha value is -0.790. The SMILES string of the molecule is CCC(C)C=C(C)CCC(=O)O. The van der Waals surface area contributed by atoms with Crippen LogP contribution in [0.25, 0.3) is 0 Å². The van der Waals surface area contributed by atoms with Crippen LogP contribution in [0.5, 0.6) is 0 Å². The first-order valence-corrected chi connectivity index (χ1v) is 4.45. The van der Waals surface area contributed by atoms with E-state index in [-0.39, 0.29) is 6.42 Å². The highest BCUT2D eigenvalue weighted by molar-refractivity contribution is 5.66. The summed E-state index contributed by atoms with van der Waals surface area (Å²) in [6.45, 7) is 6.27. The average molecular weight is 170 g/mol. The van der Waals surface area contributed by atoms with E-state index in [1.807, 2.05) is 6.92 Å². The molecule has 70 valence electrons. The first-order chi connectivity index (χ1) is 5.56. The molecule has 0 aliphatic rings. The summed E-state index contributed by atoms with van der Waals surface area (Å²) in [7, 11) is 0. The molecular formula is C10H18O2. The summed E-state index contributed by atoms with van der Waals surface area (Å²) in [5.74, 6) is -0.148. The van der Waals surface area contributed by atoms with Crippen molar-refractivity contribution in [3.8, 4) is 0 Å². The van der Waals surface area contributed by atoms with Crippen LogP contribution in [0, 0.1) is 5.92 Å². The van der Waals surface area contributed by atoms with Crippen molar-refractivity contribution in [2.24, 2.45) is 5.92 Å². The van der Waals surface area contributed by atoms with E-state index in [0.29, 0.717) is 12.3 Å². The molecule has 0 spiro atoms. The maximum absolute atomic E-state index is 10.2. The molecule has 0 aromatic rings. The first-order valence-electron chi connectivity index (χ1n) is 4.45. The van der Waals surface area contributed by atoms with Gasteiger partial charge in [-0.2, -0.15) is 0 Å². The lowest BCUT2D eigenvalue weighted by Crippen LogP contribution is -1.95. The Morgan fingerprint density at radius 3 is 2.50 bits per heavy atom. The molecule has 0 aromatic carbocycles. The number of carbonyl (C=O) groups is 1. The first kappa shape index (κ1) is 11.2. The zero-order valence-electron chi connectivity index (χ0n) is 8.13. The van der Waals surface area contributed by atoms with E-state index in [1.54, 1.807) is 0 Å². The van der Waals surface area contributed by atoms with Crippen LogP contribution in [-0.2, 0) is 4.79 Å². The van der Waals surface area contributed by atoms with Gasteiger partial charge in [-0.15, -0.1) is 0 Å². The Morgan fingerprint density at radius 1 is 1.50 bits per heavy atom. The summed E-state index contributed by atoms with van der Waals surface area (Å²) in [6, 6.07) is 0. The molecule has 0 bridgehead atoms. The lowest BCUT2D eigenvalue weighted by molar-refractivity contribution is -0.136. The maximum Gasteiger partial charge on any atom is 0.303 e. The summed E-state index contributed by atoms with van der Waals surface area (Å²) in [6.07, 6.45) is 4.20. The third-order valence-corrected chi connectivity index (χ3v) is 1.95. The highest BCUT2D eigenvalue weighted by Gasteiger charge is 1.99. The summed E-state index contributed by atoms with van der Waals surface area (Å²) in [5.41, 5.74) is 1.19. The van der Waals surface area contributed by atoms with E-state index >= 15 is 0 Å². The molecule has 2 heteroatoms. The number of allylic oxidation sites excluding steroid dienone is 2. The summed E-state index contributed by atoms with van der Waals surface area (Å²) in [5, 5.41) is 8.43. The third kappa shape index (κ3) is 5.96. The van der Waals surface area contributed by atoms with Crippen molar-refractivity contribution in [3.63, 3.8) is 0 Å². The van der Waals surface area contributed by atoms with E-state index < -0.39 is 5.97 Å². The van der Waals surface area contributed by atoms with E-state index in [4.69, 9.17) is 5.11 Å². The summed E-state index contributed by atoms with van der Waals surface area (Å²) in [4.78, 5) is 10.2. The van der Waals surface area contributed by atoms with Crippen LogP contribution in [0.15, 0.2) is 11.6 Å². The van der Waals surface area contributed by atoms with Crippen LogP contribution in [0.2, 0.25) is 0 Å². The molecule has 0 amide bonds. The molecule has 0 rings (SSSR count). The van der Waals surface area contributed by atoms with Gasteiger partial charge in [-0.05, 0) is 19.3 Å². The van der Waals surface area contributed by atoms with Gasteiger partial charge in [0, 0.05) is 6.42 Å². The molecule has 0 fully saturated rings. The number of aliphatic carboxylic acids is 1. The predicted molar refractivity (Wildman–Crippen MR) is 50.1 cm³/mol. The molecule has 1 N–H and O–H groups in total. The van der Waals surface area contributed by atoms with E-state index in [1.165, 1.54) is 5.57 Å². The topological polar surface area (TPSA) is 37.3 Å². The summed E-state index contributed by atoms with van der Waals surface area (Å²) < 4.78 is 0. The number of carboxylic acid groups (broad SMARTS) is 1. The number of hydrogen-bond acceptors (Lipinski definition) is 1. The van der Waals surface area contributed by atoms with Crippen LogP contribution in [-0.4, -0.2) is 11.1 Å². The zero-order valence-corrected chi connectivity index (χ0v) is 8.13. The maximum atomic E-state index is 10.2. The van der Waals surface area contributed by atoms with Crippen molar-refractivity contribution < 1.29 is 9.90 Å². The Kier molecular flexibility index (Phi) is 5.43. The van der Waals surface area contributed by atoms with Crippen molar-refractivity contribution in [1.29, 1.82) is 0 Å². The van der Waals surface area contributed by atoms with Gasteiger partial charge >= 0.3 is 5.97 Å². The molecular weight excluding hydrogens is 152 g/mol. The van der Waals surface area contributed by atoms with Crippen LogP contribution in [0.4, 0.5) is 0 Å². The van der Waals surface area contributed by atoms with E-state index in [2.05, 4.69) is 19.9 Å². The predicted octanol–water partition coefficient (Wildman–Crippen LogP) is 2.84. The van der Waals surface area contributed by atoms with Crippen LogP contribution < -0.4 is 0 Å². The second-order valence-electron chi connectivity index (χ2n) is 3.29. The third-order valence-electron chi connectivity index (χ3n) is 1.95. The van der Waals surface area contributed by atoms with Gasteiger partial charge in [-0.3, -0.25) is 4.79 Å². The van der Waals surface area contributed by atoms with Crippen molar-refractivity contribution >= 4 is 5.97 Å². The van der Waals surface area contributed by atoms with Gasteiger partial charge in [0.15, 0.2) is 0 Å². The largest absolute Gasteiger partial charge is 0.481 e. The molecule has 0 aliphatic heterocycles. The standard InChI is InChI=1S/C10H18O2/c1-4-8(2)7-9(3)5-6-10(11)12/h7-8H,4-6H2,1-3H3,(H,11,12). The minimum Gasteiger partial charge on any atom is -0.481 e. The number of carboxylic acids is 1. The van der Waals surface area contributed by atoms with Gasteiger partial charge < -0.3 is 5.11 Å². The lowest BCUT2D eigenvalue weighted by Gasteiger charge is -2.03. The Labute approximate surface area is 74.3 Å². The van der Waals surface area contributed by atoms with Gasteiger partial charge in [0.2, 0.25) is 0 Å². The van der Waals surface area contributed by atoms with Crippen LogP contribution in [0.3, 0.4) is 0 Å². The highest BCUT2D eigenvalue weighted by atomic mass is 16.4. The Balaban J connectivity index is 3.77. The molecule has 0 radical (unpaired) electrons. The minimum absolute atomic E-state index is 0.249. The molecule has 0 saturated carbocycles. The number of rotatable bonds is 5. The van der Waals surface area contributed by atoms with Crippen molar-refractivity contribution in [2.75, 3.05) is 0 Å². The summed E-state index contributed by atoms with van der Waals surface area (Å²) >= 11 is 0. The van der Waals surface area contributed by atoms with Gasteiger partial charge in [-0.25, -0.2) is 0 Å². The zero-order chi connectivity index (χ0) is 9.56. The average Bonchev–Trinajstić information content (AvgIpc) is 2.00. The fourth-order valence-corrected chi connectivity index (χ4v) is 0.991. The van der Waals surface area contributed by atoms with Crippen molar-refractivity contribution in [3.05, 3.63) is 11.6 Å². The van der Waals surface area contributed by atoms with Crippen molar-refractivity contribution in [1.82, 2.24) is 0 Å². The monoisotopic (exact) mass is 170 g/mol. The number of hydrogen-bond donors (Lipinski definition) is 1. The molecule has 0 aliphatic carbocycles. The smallest absolute Gasteiger partial charge is 0.303 e. The highest BCUT2D eigenvalue weighted by Crippen LogP contribution is 2.10. The van der Waals surface area contributed by atoms with Gasteiger partial charge in [0.25, 0.3) is 0 Å². The minimum atomic E-state index is -0.716. The normalized spacial score (nSPS) is 14.4. The molecule has 0 aromatic heterocycles. The van der Waals surface area contributed by atoms with Crippen LogP contribution in [0.1, 0.15) is 40.0 Å². The molecule has 1 unspecified atom stereocenters. The quantitative estimate of drug-likeness (QED) is 0.644. The Morgan fingerprint density at radius 2 is 2.08 bits per heavy atom. The van der Waals surface area contributed by atoms with Gasteiger partial charge in [0.1, 0.15) is 0 Å². The molecule has 12 heavy (non-hydrogen) atoms. The molecule has 0 heterocycles. The van der Waals surface area contributed by atoms with E-state index in [9.17, 15) is 4.79 Å². The van der Waals surface area contributed by atoms with Crippen molar-refractivity contribution in [2.45, 2.75) is 40.0 Å². The second-order valence-corrected chi connectivity index (χ2v) is 3.29. The second kappa shape index (κ2) is 5.81.